The molecule has 3 rings (SSSR count). The van der Waals surface area contributed by atoms with E-state index < -0.39 is 0 Å². The molecule has 0 heteroatoms. The average Bonchev–Trinajstić information content (AvgIpc) is 2.69. The Kier molecular flexibility index (Phi) is 7.59. The van der Waals surface area contributed by atoms with Crippen LogP contribution in [0.25, 0.3) is 10.8 Å². The molecule has 1 saturated carbocycles. The van der Waals surface area contributed by atoms with Gasteiger partial charge in [-0.2, -0.15) is 0 Å². The highest BCUT2D eigenvalue weighted by atomic mass is 14.3. The molecule has 1 aliphatic rings. The second-order valence-electron chi connectivity index (χ2n) is 8.61. The highest BCUT2D eigenvalue weighted by Crippen LogP contribution is 2.38. The summed E-state index contributed by atoms with van der Waals surface area (Å²) in [6, 6.07) is 14.4. The minimum Gasteiger partial charge on any atom is -0.0654 e. The van der Waals surface area contributed by atoms with Gasteiger partial charge < -0.3 is 0 Å². The van der Waals surface area contributed by atoms with E-state index in [0.29, 0.717) is 0 Å². The predicted octanol–water partition coefficient (Wildman–Crippen LogP) is 8.43. The molecule has 0 nitrogen and oxygen atoms in total. The van der Waals surface area contributed by atoms with Gasteiger partial charge in [0.25, 0.3) is 0 Å². The van der Waals surface area contributed by atoms with Gasteiger partial charge in [-0.25, -0.2) is 0 Å². The molecule has 0 radical (unpaired) electrons. The fraction of sp³-hybridized carbons (Fsp3) is 0.615. The maximum Gasteiger partial charge on any atom is -0.0162 e. The maximum absolute atomic E-state index is 2.48. The lowest BCUT2D eigenvalue weighted by Gasteiger charge is -2.29. The first kappa shape index (κ1) is 19.5. The van der Waals surface area contributed by atoms with E-state index in [1.807, 2.05) is 0 Å². The molecular formula is C26H38. The SMILES string of the molecule is CCCCCCc1ccc2cc(C3CCC(CCCC)CC3)ccc2c1. The fourth-order valence-electron chi connectivity index (χ4n) is 4.76. The van der Waals surface area contributed by atoms with E-state index in [9.17, 15) is 0 Å². The number of benzene rings is 2. The minimum atomic E-state index is 0.797. The standard InChI is InChI=1S/C26H38/c1-3-5-7-8-10-22-13-16-26-20-25(18-17-24(26)19-22)23-14-11-21(12-15-23)9-6-4-2/h13,16-21,23H,3-12,14-15H2,1-2H3. The maximum atomic E-state index is 2.48. The molecule has 0 unspecified atom stereocenters. The van der Waals surface area contributed by atoms with Crippen LogP contribution in [0.15, 0.2) is 36.4 Å². The highest BCUT2D eigenvalue weighted by molar-refractivity contribution is 5.84. The summed E-state index contributed by atoms with van der Waals surface area (Å²) in [5.74, 6) is 1.80. The van der Waals surface area contributed by atoms with E-state index in [1.54, 1.807) is 5.56 Å². The second-order valence-corrected chi connectivity index (χ2v) is 8.61. The molecule has 2 aromatic carbocycles. The Bertz CT molecular complexity index is 661. The zero-order valence-corrected chi connectivity index (χ0v) is 17.1. The highest BCUT2D eigenvalue weighted by Gasteiger charge is 2.22. The largest absolute Gasteiger partial charge is 0.0654 e. The van der Waals surface area contributed by atoms with Gasteiger partial charge in [-0.1, -0.05) is 88.8 Å². The number of fused-ring (bicyclic) bond motifs is 1. The first-order valence-corrected chi connectivity index (χ1v) is 11.3. The second kappa shape index (κ2) is 10.1. The average molecular weight is 351 g/mol. The number of unbranched alkanes of at least 4 members (excludes halogenated alkanes) is 4. The molecule has 0 aromatic heterocycles. The van der Waals surface area contributed by atoms with Crippen molar-refractivity contribution in [2.24, 2.45) is 5.92 Å². The Morgan fingerprint density at radius 2 is 1.46 bits per heavy atom. The van der Waals surface area contributed by atoms with Gasteiger partial charge >= 0.3 is 0 Å². The van der Waals surface area contributed by atoms with Crippen molar-refractivity contribution in [3.8, 4) is 0 Å². The van der Waals surface area contributed by atoms with E-state index in [2.05, 4.69) is 50.2 Å². The van der Waals surface area contributed by atoms with E-state index in [4.69, 9.17) is 0 Å². The van der Waals surface area contributed by atoms with Crippen LogP contribution in [0.3, 0.4) is 0 Å². The summed E-state index contributed by atoms with van der Waals surface area (Å²) in [4.78, 5) is 0. The molecular weight excluding hydrogens is 312 g/mol. The van der Waals surface area contributed by atoms with E-state index in [0.717, 1.165) is 11.8 Å². The first-order chi connectivity index (χ1) is 12.8. The van der Waals surface area contributed by atoms with E-state index in [-0.39, 0.29) is 0 Å². The minimum absolute atomic E-state index is 0.797. The molecule has 26 heavy (non-hydrogen) atoms. The summed E-state index contributed by atoms with van der Waals surface area (Å²) < 4.78 is 0. The molecule has 0 amide bonds. The number of aryl methyl sites for hydroxylation is 1. The van der Waals surface area contributed by atoms with Crippen molar-refractivity contribution in [3.05, 3.63) is 47.5 Å². The van der Waals surface area contributed by atoms with Crippen molar-refractivity contribution in [3.63, 3.8) is 0 Å². The number of rotatable bonds is 9. The lowest BCUT2D eigenvalue weighted by atomic mass is 9.77. The van der Waals surface area contributed by atoms with Crippen molar-refractivity contribution in [1.82, 2.24) is 0 Å². The van der Waals surface area contributed by atoms with Crippen LogP contribution >= 0.6 is 0 Å². The summed E-state index contributed by atoms with van der Waals surface area (Å²) in [6.45, 7) is 4.60. The molecule has 0 bridgehead atoms. The van der Waals surface area contributed by atoms with Gasteiger partial charge in [0, 0.05) is 0 Å². The Morgan fingerprint density at radius 3 is 2.23 bits per heavy atom. The molecule has 0 spiro atoms. The van der Waals surface area contributed by atoms with Gasteiger partial charge in [-0.05, 0) is 72.3 Å². The van der Waals surface area contributed by atoms with Gasteiger partial charge in [-0.15, -0.1) is 0 Å². The molecule has 0 N–H and O–H groups in total. The number of hydrogen-bond acceptors (Lipinski definition) is 0. The van der Waals surface area contributed by atoms with Crippen LogP contribution in [0.4, 0.5) is 0 Å². The Hall–Kier alpha value is -1.30. The van der Waals surface area contributed by atoms with Crippen LogP contribution in [0.2, 0.25) is 0 Å². The summed E-state index contributed by atoms with van der Waals surface area (Å²) in [7, 11) is 0. The van der Waals surface area contributed by atoms with Gasteiger partial charge in [0.2, 0.25) is 0 Å². The zero-order valence-electron chi connectivity index (χ0n) is 17.1. The van der Waals surface area contributed by atoms with Crippen LogP contribution in [0.1, 0.15) is 102 Å². The first-order valence-electron chi connectivity index (χ1n) is 11.3. The van der Waals surface area contributed by atoms with Crippen molar-refractivity contribution < 1.29 is 0 Å². The molecule has 2 aromatic rings. The quantitative estimate of drug-likeness (QED) is 0.398. The summed E-state index contributed by atoms with van der Waals surface area (Å²) >= 11 is 0. The van der Waals surface area contributed by atoms with Crippen molar-refractivity contribution >= 4 is 10.8 Å². The Labute approximate surface area is 161 Å². The predicted molar refractivity (Wildman–Crippen MR) is 116 cm³/mol. The molecule has 1 aliphatic carbocycles. The van der Waals surface area contributed by atoms with Crippen LogP contribution in [0.5, 0.6) is 0 Å². The molecule has 0 heterocycles. The van der Waals surface area contributed by atoms with Gasteiger partial charge in [0.1, 0.15) is 0 Å². The fourth-order valence-corrected chi connectivity index (χ4v) is 4.76. The monoisotopic (exact) mass is 350 g/mol. The van der Waals surface area contributed by atoms with Crippen molar-refractivity contribution in [2.75, 3.05) is 0 Å². The normalized spacial score (nSPS) is 20.5. The molecule has 142 valence electrons. The van der Waals surface area contributed by atoms with Gasteiger partial charge in [0.15, 0.2) is 0 Å². The van der Waals surface area contributed by atoms with Crippen LogP contribution < -0.4 is 0 Å². The van der Waals surface area contributed by atoms with Crippen LogP contribution in [-0.4, -0.2) is 0 Å². The third kappa shape index (κ3) is 5.35. The lowest BCUT2D eigenvalue weighted by Crippen LogP contribution is -2.13. The van der Waals surface area contributed by atoms with Gasteiger partial charge in [0.05, 0.1) is 0 Å². The molecule has 0 atom stereocenters. The zero-order chi connectivity index (χ0) is 18.2. The molecule has 1 fully saturated rings. The van der Waals surface area contributed by atoms with E-state index in [1.165, 1.54) is 93.4 Å². The summed E-state index contributed by atoms with van der Waals surface area (Å²) in [5.41, 5.74) is 3.10. The summed E-state index contributed by atoms with van der Waals surface area (Å²) in [6.07, 6.45) is 16.5. The van der Waals surface area contributed by atoms with Crippen LogP contribution in [0, 0.1) is 5.92 Å². The topological polar surface area (TPSA) is 0 Å². The molecule has 0 aliphatic heterocycles. The smallest absolute Gasteiger partial charge is 0.0162 e. The van der Waals surface area contributed by atoms with Crippen molar-refractivity contribution in [2.45, 2.75) is 96.8 Å². The Morgan fingerprint density at radius 1 is 0.731 bits per heavy atom. The third-order valence-electron chi connectivity index (χ3n) is 6.53. The lowest BCUT2D eigenvalue weighted by molar-refractivity contribution is 0.304. The number of hydrogen-bond donors (Lipinski definition) is 0. The Balaban J connectivity index is 1.59. The van der Waals surface area contributed by atoms with Crippen molar-refractivity contribution in [1.29, 1.82) is 0 Å². The van der Waals surface area contributed by atoms with Crippen LogP contribution in [-0.2, 0) is 6.42 Å². The van der Waals surface area contributed by atoms with Gasteiger partial charge in [-0.3, -0.25) is 0 Å². The molecule has 0 saturated heterocycles. The van der Waals surface area contributed by atoms with E-state index >= 15 is 0 Å². The summed E-state index contributed by atoms with van der Waals surface area (Å²) in [5, 5.41) is 2.87. The third-order valence-corrected chi connectivity index (χ3v) is 6.53.